The van der Waals surface area contributed by atoms with E-state index in [1.54, 1.807) is 19.1 Å². The van der Waals surface area contributed by atoms with Gasteiger partial charge in [-0.1, -0.05) is 12.1 Å². The van der Waals surface area contributed by atoms with E-state index in [4.69, 9.17) is 9.47 Å². The van der Waals surface area contributed by atoms with Crippen LogP contribution in [0.25, 0.3) is 0 Å². The first-order chi connectivity index (χ1) is 12.7. The summed E-state index contributed by atoms with van der Waals surface area (Å²) in [5, 5.41) is 6.46. The minimum absolute atomic E-state index is 0. The normalized spacial score (nSPS) is 11.3. The molecule has 0 unspecified atom stereocenters. The molecular formula is C20H35IN4O3. The van der Waals surface area contributed by atoms with Crippen molar-refractivity contribution in [2.45, 2.75) is 39.7 Å². The number of ether oxygens (including phenoxy) is 2. The molecule has 1 aromatic carbocycles. The molecule has 0 aliphatic rings. The van der Waals surface area contributed by atoms with Gasteiger partial charge in [-0.25, -0.2) is 4.79 Å². The number of amides is 1. The number of hydrogen-bond acceptors (Lipinski definition) is 4. The average Bonchev–Trinajstić information content (AvgIpc) is 2.60. The summed E-state index contributed by atoms with van der Waals surface area (Å²) in [6, 6.07) is 8.00. The molecule has 0 fully saturated rings. The molecule has 0 heterocycles. The van der Waals surface area contributed by atoms with Crippen molar-refractivity contribution in [3.05, 3.63) is 29.8 Å². The number of nitrogens with zero attached hydrogens (tertiary/aromatic N) is 2. The van der Waals surface area contributed by atoms with Gasteiger partial charge in [-0.2, -0.15) is 0 Å². The lowest BCUT2D eigenvalue weighted by atomic mass is 10.1. The Balaban J connectivity index is 0.00000729. The molecule has 1 amide bonds. The minimum Gasteiger partial charge on any atom is -0.497 e. The molecule has 0 radical (unpaired) electrons. The Bertz CT molecular complexity index is 600. The predicted molar refractivity (Wildman–Crippen MR) is 125 cm³/mol. The number of aliphatic imine (C=N–C) groups is 1. The van der Waals surface area contributed by atoms with E-state index in [1.165, 1.54) is 5.56 Å². The largest absolute Gasteiger partial charge is 0.497 e. The van der Waals surface area contributed by atoms with Crippen LogP contribution >= 0.6 is 24.0 Å². The number of methoxy groups -OCH3 is 1. The second kappa shape index (κ2) is 13.5. The number of halogens is 1. The third kappa shape index (κ3) is 11.2. The van der Waals surface area contributed by atoms with Crippen molar-refractivity contribution in [1.82, 2.24) is 15.5 Å². The first-order valence-corrected chi connectivity index (χ1v) is 9.34. The van der Waals surface area contributed by atoms with Gasteiger partial charge < -0.3 is 25.0 Å². The molecule has 7 nitrogen and oxygen atoms in total. The molecular weight excluding hydrogens is 471 g/mol. The van der Waals surface area contributed by atoms with Gasteiger partial charge in [-0.3, -0.25) is 4.99 Å². The van der Waals surface area contributed by atoms with E-state index < -0.39 is 5.60 Å². The van der Waals surface area contributed by atoms with Crippen LogP contribution in [0.4, 0.5) is 4.79 Å². The van der Waals surface area contributed by atoms with E-state index in [2.05, 4.69) is 15.6 Å². The van der Waals surface area contributed by atoms with Gasteiger partial charge in [0.25, 0.3) is 0 Å². The molecule has 0 atom stereocenters. The lowest BCUT2D eigenvalue weighted by molar-refractivity contribution is 0.0302. The topological polar surface area (TPSA) is 75.2 Å². The minimum atomic E-state index is -0.489. The summed E-state index contributed by atoms with van der Waals surface area (Å²) >= 11 is 0. The van der Waals surface area contributed by atoms with Gasteiger partial charge in [0.15, 0.2) is 5.96 Å². The Morgan fingerprint density at radius 3 is 2.36 bits per heavy atom. The molecule has 28 heavy (non-hydrogen) atoms. The Morgan fingerprint density at radius 2 is 1.82 bits per heavy atom. The first kappa shape index (κ1) is 26.3. The van der Waals surface area contributed by atoms with E-state index >= 15 is 0 Å². The molecule has 0 aliphatic heterocycles. The van der Waals surface area contributed by atoms with Gasteiger partial charge in [-0.05, 0) is 51.8 Å². The van der Waals surface area contributed by atoms with Crippen molar-refractivity contribution < 1.29 is 14.3 Å². The van der Waals surface area contributed by atoms with Crippen LogP contribution in [0.15, 0.2) is 29.3 Å². The zero-order valence-electron chi connectivity index (χ0n) is 17.9. The molecule has 1 aromatic rings. The third-order valence-corrected chi connectivity index (χ3v) is 3.62. The SMILES string of the molecule is CCNC(=NCCc1ccc(OC)cc1)NCCN(C)C(=O)OC(C)(C)C.I. The highest BCUT2D eigenvalue weighted by Crippen LogP contribution is 2.11. The van der Waals surface area contributed by atoms with Crippen LogP contribution in [-0.2, 0) is 11.2 Å². The second-order valence-electron chi connectivity index (χ2n) is 7.19. The molecule has 8 heteroatoms. The predicted octanol–water partition coefficient (Wildman–Crippen LogP) is 3.28. The molecule has 0 aliphatic carbocycles. The molecule has 0 bridgehead atoms. The summed E-state index contributed by atoms with van der Waals surface area (Å²) < 4.78 is 10.5. The van der Waals surface area contributed by atoms with Crippen molar-refractivity contribution >= 4 is 36.0 Å². The van der Waals surface area contributed by atoms with Gasteiger partial charge in [0.2, 0.25) is 0 Å². The van der Waals surface area contributed by atoms with Crippen molar-refractivity contribution in [2.24, 2.45) is 4.99 Å². The fourth-order valence-corrected chi connectivity index (χ4v) is 2.20. The van der Waals surface area contributed by atoms with Crippen LogP contribution in [0.3, 0.4) is 0 Å². The monoisotopic (exact) mass is 506 g/mol. The summed E-state index contributed by atoms with van der Waals surface area (Å²) in [6.07, 6.45) is 0.518. The van der Waals surface area contributed by atoms with Gasteiger partial charge in [0.1, 0.15) is 11.4 Å². The first-order valence-electron chi connectivity index (χ1n) is 9.34. The maximum atomic E-state index is 12.0. The van der Waals surface area contributed by atoms with E-state index in [-0.39, 0.29) is 30.1 Å². The van der Waals surface area contributed by atoms with Gasteiger partial charge >= 0.3 is 6.09 Å². The number of guanidine groups is 1. The number of rotatable bonds is 8. The van der Waals surface area contributed by atoms with Crippen molar-refractivity contribution in [2.75, 3.05) is 40.3 Å². The molecule has 0 aromatic heterocycles. The Kier molecular flexibility index (Phi) is 12.6. The lowest BCUT2D eigenvalue weighted by Crippen LogP contribution is -2.43. The van der Waals surface area contributed by atoms with Crippen LogP contribution in [0.2, 0.25) is 0 Å². The number of carbonyl (C=O) groups is 1. The molecule has 2 N–H and O–H groups in total. The van der Waals surface area contributed by atoms with Gasteiger partial charge in [0.05, 0.1) is 7.11 Å². The highest BCUT2D eigenvalue weighted by Gasteiger charge is 2.19. The quantitative estimate of drug-likeness (QED) is 0.322. The van der Waals surface area contributed by atoms with Gasteiger partial charge in [-0.15, -0.1) is 24.0 Å². The Labute approximate surface area is 186 Å². The highest BCUT2D eigenvalue weighted by atomic mass is 127. The fourth-order valence-electron chi connectivity index (χ4n) is 2.20. The summed E-state index contributed by atoms with van der Waals surface area (Å²) in [5.41, 5.74) is 0.719. The van der Waals surface area contributed by atoms with Crippen LogP contribution in [-0.4, -0.2) is 62.9 Å². The van der Waals surface area contributed by atoms with E-state index in [0.717, 1.165) is 24.7 Å². The second-order valence-corrected chi connectivity index (χ2v) is 7.19. The standard InChI is InChI=1S/C20H34N4O3.HI/c1-7-21-18(22-13-12-16-8-10-17(26-6)11-9-16)23-14-15-24(5)19(25)27-20(2,3)4;/h8-11H,7,12-15H2,1-6H3,(H2,21,22,23);1H. The summed E-state index contributed by atoms with van der Waals surface area (Å²) in [5.74, 6) is 1.59. The zero-order chi connectivity index (χ0) is 20.3. The van der Waals surface area contributed by atoms with Crippen molar-refractivity contribution in [1.29, 1.82) is 0 Å². The number of hydrogen-bond donors (Lipinski definition) is 2. The van der Waals surface area contributed by atoms with E-state index in [0.29, 0.717) is 19.6 Å². The van der Waals surface area contributed by atoms with Crippen molar-refractivity contribution in [3.8, 4) is 5.75 Å². The summed E-state index contributed by atoms with van der Waals surface area (Å²) in [4.78, 5) is 18.1. The van der Waals surface area contributed by atoms with Gasteiger partial charge in [0, 0.05) is 33.2 Å². The Hall–Kier alpha value is -1.71. The van der Waals surface area contributed by atoms with Crippen LogP contribution < -0.4 is 15.4 Å². The lowest BCUT2D eigenvalue weighted by Gasteiger charge is -2.24. The Morgan fingerprint density at radius 1 is 1.18 bits per heavy atom. The molecule has 0 spiro atoms. The maximum absolute atomic E-state index is 12.0. The zero-order valence-corrected chi connectivity index (χ0v) is 20.2. The summed E-state index contributed by atoms with van der Waals surface area (Å²) in [6.45, 7) is 10.1. The van der Waals surface area contributed by atoms with Crippen LogP contribution in [0.1, 0.15) is 33.3 Å². The van der Waals surface area contributed by atoms with E-state index in [9.17, 15) is 4.79 Å². The third-order valence-electron chi connectivity index (χ3n) is 3.62. The smallest absolute Gasteiger partial charge is 0.410 e. The molecule has 0 saturated heterocycles. The maximum Gasteiger partial charge on any atom is 0.410 e. The summed E-state index contributed by atoms with van der Waals surface area (Å²) in [7, 11) is 3.39. The number of carbonyl (C=O) groups excluding carboxylic acids is 1. The molecule has 160 valence electrons. The molecule has 0 saturated carbocycles. The number of nitrogens with one attached hydrogen (secondary N) is 2. The highest BCUT2D eigenvalue weighted by molar-refractivity contribution is 14.0. The number of benzene rings is 1. The molecule has 1 rings (SSSR count). The number of likely N-dealkylation sites (N-methyl/N-ethyl adjacent to an activating group) is 1. The van der Waals surface area contributed by atoms with Crippen molar-refractivity contribution in [3.63, 3.8) is 0 Å². The average molecular weight is 506 g/mol. The fraction of sp³-hybridized carbons (Fsp3) is 0.600. The van der Waals surface area contributed by atoms with E-state index in [1.807, 2.05) is 52.0 Å². The van der Waals surface area contributed by atoms with Crippen LogP contribution in [0, 0.1) is 0 Å². The van der Waals surface area contributed by atoms with Crippen LogP contribution in [0.5, 0.6) is 5.75 Å².